The summed E-state index contributed by atoms with van der Waals surface area (Å²) in [6.07, 6.45) is 2.29. The summed E-state index contributed by atoms with van der Waals surface area (Å²) in [5.41, 5.74) is 3.27. The van der Waals surface area contributed by atoms with E-state index < -0.39 is 0 Å². The van der Waals surface area contributed by atoms with Gasteiger partial charge in [-0.3, -0.25) is 4.79 Å². The minimum Gasteiger partial charge on any atom is -0.352 e. The molecule has 1 atom stereocenters. The van der Waals surface area contributed by atoms with Crippen molar-refractivity contribution in [2.45, 2.75) is 31.8 Å². The van der Waals surface area contributed by atoms with E-state index in [9.17, 15) is 4.79 Å². The van der Waals surface area contributed by atoms with Gasteiger partial charge in [-0.05, 0) is 26.8 Å². The van der Waals surface area contributed by atoms with E-state index in [0.717, 1.165) is 39.0 Å². The van der Waals surface area contributed by atoms with Crippen LogP contribution in [0.4, 0.5) is 0 Å². The minimum atomic E-state index is -0.121. The van der Waals surface area contributed by atoms with Crippen molar-refractivity contribution in [2.24, 2.45) is 0 Å². The number of nitrogens with zero attached hydrogens (tertiary/aromatic N) is 2. The fourth-order valence-electron chi connectivity index (χ4n) is 1.82. The first kappa shape index (κ1) is 11.8. The summed E-state index contributed by atoms with van der Waals surface area (Å²) < 4.78 is 0. The normalized spacial score (nSPS) is 25.4. The second kappa shape index (κ2) is 5.12. The van der Waals surface area contributed by atoms with Gasteiger partial charge in [0.05, 0.1) is 6.04 Å². The van der Waals surface area contributed by atoms with Gasteiger partial charge in [0.2, 0.25) is 5.91 Å². The molecule has 1 aliphatic heterocycles. The summed E-state index contributed by atoms with van der Waals surface area (Å²) in [4.78, 5) is 14.0. The zero-order valence-corrected chi connectivity index (χ0v) is 10.2. The quantitative estimate of drug-likeness (QED) is 0.672. The summed E-state index contributed by atoms with van der Waals surface area (Å²) in [5.74, 6) is 0.126. The molecule has 0 radical (unpaired) electrons. The van der Waals surface area contributed by atoms with Crippen molar-refractivity contribution in [3.8, 4) is 0 Å². The largest absolute Gasteiger partial charge is 0.352 e. The smallest absolute Gasteiger partial charge is 0.238 e. The van der Waals surface area contributed by atoms with Gasteiger partial charge in [-0.15, -0.1) is 0 Å². The molecule has 2 N–H and O–H groups in total. The first-order valence-corrected chi connectivity index (χ1v) is 6.15. The first-order valence-electron chi connectivity index (χ1n) is 6.15. The second-order valence-corrected chi connectivity index (χ2v) is 4.92. The van der Waals surface area contributed by atoms with Crippen molar-refractivity contribution >= 4 is 5.91 Å². The lowest BCUT2D eigenvalue weighted by molar-refractivity contribution is -0.124. The Hall–Kier alpha value is -0.650. The van der Waals surface area contributed by atoms with E-state index in [1.54, 1.807) is 0 Å². The number of amides is 1. The lowest BCUT2D eigenvalue weighted by atomic mass is 10.3. The number of hydrogen-bond acceptors (Lipinski definition) is 4. The SMILES string of the molecule is CC(NN1CCN(C)CC1)C(=O)NC1CC1. The molecule has 1 saturated heterocycles. The Balaban J connectivity index is 1.69. The molecule has 0 spiro atoms. The topological polar surface area (TPSA) is 47.6 Å². The monoisotopic (exact) mass is 226 g/mol. The third kappa shape index (κ3) is 3.43. The summed E-state index contributed by atoms with van der Waals surface area (Å²) in [6, 6.07) is 0.327. The molecule has 5 heteroatoms. The molecule has 5 nitrogen and oxygen atoms in total. The molecule has 0 bridgehead atoms. The molecule has 16 heavy (non-hydrogen) atoms. The highest BCUT2D eigenvalue weighted by Crippen LogP contribution is 2.18. The molecule has 0 aromatic rings. The first-order chi connectivity index (χ1) is 7.65. The van der Waals surface area contributed by atoms with Gasteiger partial charge < -0.3 is 10.2 Å². The molecular formula is C11H22N4O. The Morgan fingerprint density at radius 1 is 1.25 bits per heavy atom. The van der Waals surface area contributed by atoms with E-state index in [1.807, 2.05) is 6.92 Å². The van der Waals surface area contributed by atoms with E-state index in [-0.39, 0.29) is 11.9 Å². The van der Waals surface area contributed by atoms with Gasteiger partial charge in [0.25, 0.3) is 0 Å². The highest BCUT2D eigenvalue weighted by molar-refractivity contribution is 5.81. The lowest BCUT2D eigenvalue weighted by Gasteiger charge is -2.34. The molecule has 1 aliphatic carbocycles. The molecular weight excluding hydrogens is 204 g/mol. The maximum absolute atomic E-state index is 11.7. The van der Waals surface area contributed by atoms with Gasteiger partial charge in [0.15, 0.2) is 0 Å². The van der Waals surface area contributed by atoms with Gasteiger partial charge >= 0.3 is 0 Å². The van der Waals surface area contributed by atoms with Crippen molar-refractivity contribution in [2.75, 3.05) is 33.2 Å². The average Bonchev–Trinajstić information content (AvgIpc) is 3.05. The maximum atomic E-state index is 11.7. The van der Waals surface area contributed by atoms with Crippen molar-refractivity contribution < 1.29 is 4.79 Å². The van der Waals surface area contributed by atoms with E-state index in [2.05, 4.69) is 27.7 Å². The molecule has 2 aliphatic rings. The standard InChI is InChI=1S/C11H22N4O/c1-9(11(16)12-10-3-4-10)13-15-7-5-14(2)6-8-15/h9-10,13H,3-8H2,1-2H3,(H,12,16). The Kier molecular flexibility index (Phi) is 3.78. The minimum absolute atomic E-state index is 0.121. The number of carbonyl (C=O) groups is 1. The van der Waals surface area contributed by atoms with Crippen LogP contribution >= 0.6 is 0 Å². The molecule has 2 fully saturated rings. The van der Waals surface area contributed by atoms with Gasteiger partial charge in [0.1, 0.15) is 0 Å². The zero-order chi connectivity index (χ0) is 11.5. The third-order valence-corrected chi connectivity index (χ3v) is 3.20. The predicted molar refractivity (Wildman–Crippen MR) is 62.8 cm³/mol. The van der Waals surface area contributed by atoms with Crippen LogP contribution in [-0.4, -0.2) is 61.1 Å². The van der Waals surface area contributed by atoms with Crippen molar-refractivity contribution in [1.29, 1.82) is 0 Å². The number of nitrogens with one attached hydrogen (secondary N) is 2. The highest BCUT2D eigenvalue weighted by atomic mass is 16.2. The van der Waals surface area contributed by atoms with Crippen molar-refractivity contribution in [3.63, 3.8) is 0 Å². The van der Waals surface area contributed by atoms with Crippen LogP contribution < -0.4 is 10.7 Å². The summed E-state index contributed by atoms with van der Waals surface area (Å²) in [6.45, 7) is 6.01. The summed E-state index contributed by atoms with van der Waals surface area (Å²) >= 11 is 0. The van der Waals surface area contributed by atoms with Crippen LogP contribution in [0.3, 0.4) is 0 Å². The van der Waals surface area contributed by atoms with Gasteiger partial charge in [-0.1, -0.05) is 0 Å². The van der Waals surface area contributed by atoms with E-state index >= 15 is 0 Å². The second-order valence-electron chi connectivity index (χ2n) is 4.92. The van der Waals surface area contributed by atoms with Gasteiger partial charge in [-0.2, -0.15) is 0 Å². The Morgan fingerprint density at radius 3 is 2.44 bits per heavy atom. The molecule has 0 aromatic carbocycles. The highest BCUT2D eigenvalue weighted by Gasteiger charge is 2.26. The van der Waals surface area contributed by atoms with Crippen LogP contribution in [0.1, 0.15) is 19.8 Å². The summed E-state index contributed by atoms with van der Waals surface area (Å²) in [5, 5.41) is 5.16. The fourth-order valence-corrected chi connectivity index (χ4v) is 1.82. The molecule has 0 aromatic heterocycles. The molecule has 1 amide bonds. The number of likely N-dealkylation sites (N-methyl/N-ethyl adjacent to an activating group) is 1. The number of piperazine rings is 1. The fraction of sp³-hybridized carbons (Fsp3) is 0.909. The van der Waals surface area contributed by atoms with Crippen LogP contribution in [0.15, 0.2) is 0 Å². The Labute approximate surface area is 97.1 Å². The van der Waals surface area contributed by atoms with Crippen molar-refractivity contribution in [1.82, 2.24) is 20.7 Å². The molecule has 2 rings (SSSR count). The van der Waals surface area contributed by atoms with E-state index in [0.29, 0.717) is 6.04 Å². The molecule has 92 valence electrons. The van der Waals surface area contributed by atoms with Crippen molar-refractivity contribution in [3.05, 3.63) is 0 Å². The van der Waals surface area contributed by atoms with Crippen LogP contribution in [0.5, 0.6) is 0 Å². The van der Waals surface area contributed by atoms with E-state index in [1.165, 1.54) is 0 Å². The van der Waals surface area contributed by atoms with Crippen LogP contribution in [0.25, 0.3) is 0 Å². The third-order valence-electron chi connectivity index (χ3n) is 3.20. The Bertz CT molecular complexity index is 246. The van der Waals surface area contributed by atoms with Crippen LogP contribution in [-0.2, 0) is 4.79 Å². The molecule has 1 saturated carbocycles. The molecule has 1 unspecified atom stereocenters. The Morgan fingerprint density at radius 2 is 1.88 bits per heavy atom. The van der Waals surface area contributed by atoms with Gasteiger partial charge in [0, 0.05) is 32.2 Å². The van der Waals surface area contributed by atoms with Crippen LogP contribution in [0.2, 0.25) is 0 Å². The predicted octanol–water partition coefficient (Wildman–Crippen LogP) is -0.594. The number of hydrazine groups is 1. The number of carbonyl (C=O) groups excluding carboxylic acids is 1. The number of rotatable bonds is 4. The number of hydrogen-bond donors (Lipinski definition) is 2. The zero-order valence-electron chi connectivity index (χ0n) is 10.2. The average molecular weight is 226 g/mol. The lowest BCUT2D eigenvalue weighted by Crippen LogP contribution is -2.56. The summed E-state index contributed by atoms with van der Waals surface area (Å²) in [7, 11) is 2.13. The molecule has 1 heterocycles. The van der Waals surface area contributed by atoms with Crippen LogP contribution in [0, 0.1) is 0 Å². The maximum Gasteiger partial charge on any atom is 0.238 e. The van der Waals surface area contributed by atoms with Gasteiger partial charge in [-0.25, -0.2) is 10.4 Å². The van der Waals surface area contributed by atoms with E-state index in [4.69, 9.17) is 0 Å².